The number of carbonyl (C=O) groups excluding carboxylic acids is 1. The highest BCUT2D eigenvalue weighted by atomic mass is 35.5. The highest BCUT2D eigenvalue weighted by molar-refractivity contribution is 7.89. The number of sulfonamides is 1. The maximum atomic E-state index is 13.0. The molecule has 2 N–H and O–H groups in total. The van der Waals surface area contributed by atoms with Crippen molar-refractivity contribution in [3.63, 3.8) is 0 Å². The number of nitrogens with one attached hydrogen (secondary N) is 2. The summed E-state index contributed by atoms with van der Waals surface area (Å²) in [5, 5.41) is 6.44. The van der Waals surface area contributed by atoms with Gasteiger partial charge in [0.1, 0.15) is 0 Å². The van der Waals surface area contributed by atoms with Crippen molar-refractivity contribution in [1.82, 2.24) is 14.9 Å². The Balaban J connectivity index is 0.00000225. The average Bonchev–Trinajstić information content (AvgIpc) is 3.17. The van der Waals surface area contributed by atoms with Gasteiger partial charge < -0.3 is 10.6 Å². The quantitative estimate of drug-likeness (QED) is 0.768. The molecule has 3 aliphatic rings. The van der Waals surface area contributed by atoms with Gasteiger partial charge in [0.25, 0.3) is 0 Å². The second kappa shape index (κ2) is 9.11. The summed E-state index contributed by atoms with van der Waals surface area (Å²) >= 11 is 0. The van der Waals surface area contributed by atoms with Gasteiger partial charge in [-0.1, -0.05) is 6.07 Å². The van der Waals surface area contributed by atoms with Gasteiger partial charge in [0.2, 0.25) is 15.9 Å². The van der Waals surface area contributed by atoms with Crippen molar-refractivity contribution in [3.8, 4) is 0 Å². The topological polar surface area (TPSA) is 78.5 Å². The van der Waals surface area contributed by atoms with E-state index < -0.39 is 10.0 Å². The van der Waals surface area contributed by atoms with Gasteiger partial charge >= 0.3 is 0 Å². The van der Waals surface area contributed by atoms with Gasteiger partial charge in [-0.15, -0.1) is 12.4 Å². The molecule has 28 heavy (non-hydrogen) atoms. The summed E-state index contributed by atoms with van der Waals surface area (Å²) < 4.78 is 27.5. The molecular formula is C20H30ClN3O3S. The van der Waals surface area contributed by atoms with Crippen LogP contribution in [0.5, 0.6) is 0 Å². The van der Waals surface area contributed by atoms with Crippen LogP contribution in [0.4, 0.5) is 0 Å². The molecule has 1 aliphatic carbocycles. The van der Waals surface area contributed by atoms with Crippen molar-refractivity contribution in [2.45, 2.75) is 55.9 Å². The SMILES string of the molecule is Cl.O=C(NC1CCCNC1)C1CCN(S(=O)(=O)c2ccc3c(c2)CCC3)CC1. The predicted molar refractivity (Wildman–Crippen MR) is 111 cm³/mol. The van der Waals surface area contributed by atoms with Crippen molar-refractivity contribution in [2.75, 3.05) is 26.2 Å². The maximum absolute atomic E-state index is 13.0. The first-order valence-corrected chi connectivity index (χ1v) is 11.6. The van der Waals surface area contributed by atoms with Crippen LogP contribution in [0, 0.1) is 5.92 Å². The first kappa shape index (κ1) is 21.6. The molecule has 2 saturated heterocycles. The van der Waals surface area contributed by atoms with Crippen LogP contribution in [0.2, 0.25) is 0 Å². The molecule has 156 valence electrons. The lowest BCUT2D eigenvalue weighted by Crippen LogP contribution is -2.49. The van der Waals surface area contributed by atoms with E-state index in [0.29, 0.717) is 30.8 Å². The first-order chi connectivity index (χ1) is 13.0. The lowest BCUT2D eigenvalue weighted by atomic mass is 9.96. The van der Waals surface area contributed by atoms with Gasteiger partial charge in [-0.05, 0) is 74.8 Å². The molecular weight excluding hydrogens is 398 g/mol. The Hall–Kier alpha value is -1.15. The molecule has 8 heteroatoms. The van der Waals surface area contributed by atoms with Gasteiger partial charge in [0, 0.05) is 31.6 Å². The van der Waals surface area contributed by atoms with E-state index in [2.05, 4.69) is 10.6 Å². The Labute approximate surface area is 173 Å². The van der Waals surface area contributed by atoms with E-state index in [9.17, 15) is 13.2 Å². The number of amides is 1. The van der Waals surface area contributed by atoms with E-state index in [-0.39, 0.29) is 30.3 Å². The average molecular weight is 428 g/mol. The zero-order valence-corrected chi connectivity index (χ0v) is 17.8. The number of hydrogen-bond acceptors (Lipinski definition) is 4. The zero-order chi connectivity index (χ0) is 18.9. The predicted octanol–water partition coefficient (Wildman–Crippen LogP) is 1.87. The molecule has 0 saturated carbocycles. The first-order valence-electron chi connectivity index (χ1n) is 10.2. The largest absolute Gasteiger partial charge is 0.352 e. The monoisotopic (exact) mass is 427 g/mol. The molecule has 0 bridgehead atoms. The lowest BCUT2D eigenvalue weighted by Gasteiger charge is -2.32. The third-order valence-electron chi connectivity index (χ3n) is 6.18. The Bertz CT molecular complexity index is 801. The van der Waals surface area contributed by atoms with Gasteiger partial charge in [-0.3, -0.25) is 4.79 Å². The smallest absolute Gasteiger partial charge is 0.243 e. The molecule has 1 unspecified atom stereocenters. The highest BCUT2D eigenvalue weighted by Crippen LogP contribution is 2.28. The summed E-state index contributed by atoms with van der Waals surface area (Å²) in [6.45, 7) is 2.68. The van der Waals surface area contributed by atoms with Crippen molar-refractivity contribution in [2.24, 2.45) is 5.92 Å². The Morgan fingerprint density at radius 1 is 1.07 bits per heavy atom. The minimum absolute atomic E-state index is 0. The lowest BCUT2D eigenvalue weighted by molar-refractivity contribution is -0.126. The van der Waals surface area contributed by atoms with E-state index in [0.717, 1.165) is 45.2 Å². The van der Waals surface area contributed by atoms with Gasteiger partial charge in [-0.2, -0.15) is 4.31 Å². The molecule has 1 aromatic carbocycles. The van der Waals surface area contributed by atoms with Crippen LogP contribution in [0.1, 0.15) is 43.2 Å². The van der Waals surface area contributed by atoms with Crippen LogP contribution < -0.4 is 10.6 Å². The van der Waals surface area contributed by atoms with E-state index in [4.69, 9.17) is 0 Å². The number of benzene rings is 1. The molecule has 2 aliphatic heterocycles. The zero-order valence-electron chi connectivity index (χ0n) is 16.2. The van der Waals surface area contributed by atoms with E-state index in [1.165, 1.54) is 11.1 Å². The van der Waals surface area contributed by atoms with Crippen LogP contribution >= 0.6 is 12.4 Å². The molecule has 1 atom stereocenters. The van der Waals surface area contributed by atoms with E-state index in [1.54, 1.807) is 10.4 Å². The number of piperidine rings is 2. The summed E-state index contributed by atoms with van der Waals surface area (Å²) in [5.74, 6) is -0.00308. The van der Waals surface area contributed by atoms with Crippen molar-refractivity contribution in [3.05, 3.63) is 29.3 Å². The highest BCUT2D eigenvalue weighted by Gasteiger charge is 2.33. The molecule has 1 aromatic rings. The number of nitrogens with zero attached hydrogens (tertiary/aromatic N) is 1. The third kappa shape index (κ3) is 4.53. The molecule has 2 heterocycles. The van der Waals surface area contributed by atoms with Gasteiger partial charge in [0.05, 0.1) is 4.90 Å². The number of aryl methyl sites for hydroxylation is 2. The maximum Gasteiger partial charge on any atom is 0.243 e. The number of fused-ring (bicyclic) bond motifs is 1. The Morgan fingerprint density at radius 2 is 1.82 bits per heavy atom. The van der Waals surface area contributed by atoms with E-state index in [1.807, 2.05) is 12.1 Å². The Kier molecular flexibility index (Phi) is 7.02. The number of hydrogen-bond donors (Lipinski definition) is 2. The molecule has 4 rings (SSSR count). The fourth-order valence-corrected chi connectivity index (χ4v) is 6.03. The van der Waals surface area contributed by atoms with Gasteiger partial charge in [0.15, 0.2) is 0 Å². The van der Waals surface area contributed by atoms with Crippen LogP contribution in [0.25, 0.3) is 0 Å². The van der Waals surface area contributed by atoms with Crippen molar-refractivity contribution < 1.29 is 13.2 Å². The third-order valence-corrected chi connectivity index (χ3v) is 8.07. The van der Waals surface area contributed by atoms with Crippen molar-refractivity contribution in [1.29, 1.82) is 0 Å². The molecule has 0 aromatic heterocycles. The molecule has 0 spiro atoms. The number of carbonyl (C=O) groups is 1. The summed E-state index contributed by atoms with van der Waals surface area (Å²) in [7, 11) is -3.47. The normalized spacial score (nSPS) is 23.6. The summed E-state index contributed by atoms with van der Waals surface area (Å²) in [5.41, 5.74) is 2.45. The minimum atomic E-state index is -3.47. The van der Waals surface area contributed by atoms with Crippen LogP contribution in [0.15, 0.2) is 23.1 Å². The van der Waals surface area contributed by atoms with Crippen LogP contribution in [-0.4, -0.2) is 50.9 Å². The standard InChI is InChI=1S/C20H29N3O3S.ClH/c24-20(22-18-5-2-10-21-14-18)16-8-11-23(12-9-16)27(25,26)19-7-6-15-3-1-4-17(15)13-19;/h6-7,13,16,18,21H,1-5,8-12,14H2,(H,22,24);1H. The summed E-state index contributed by atoms with van der Waals surface area (Å²) in [6.07, 6.45) is 6.42. The fraction of sp³-hybridized carbons (Fsp3) is 0.650. The van der Waals surface area contributed by atoms with Crippen molar-refractivity contribution >= 4 is 28.3 Å². The second-order valence-electron chi connectivity index (χ2n) is 8.01. The Morgan fingerprint density at radius 3 is 2.54 bits per heavy atom. The van der Waals surface area contributed by atoms with Crippen LogP contribution in [0.3, 0.4) is 0 Å². The molecule has 2 fully saturated rings. The summed E-state index contributed by atoms with van der Waals surface area (Å²) in [4.78, 5) is 12.9. The molecule has 1 amide bonds. The molecule has 0 radical (unpaired) electrons. The molecule has 6 nitrogen and oxygen atoms in total. The fourth-order valence-electron chi connectivity index (χ4n) is 4.51. The number of halogens is 1. The minimum Gasteiger partial charge on any atom is -0.352 e. The van der Waals surface area contributed by atoms with Gasteiger partial charge in [-0.25, -0.2) is 8.42 Å². The van der Waals surface area contributed by atoms with Crippen LogP contribution in [-0.2, 0) is 27.7 Å². The second-order valence-corrected chi connectivity index (χ2v) is 9.95. The van der Waals surface area contributed by atoms with E-state index >= 15 is 0 Å². The summed E-state index contributed by atoms with van der Waals surface area (Å²) in [6, 6.07) is 5.77. The number of rotatable bonds is 4.